The number of carbonyl (C=O) groups excluding carboxylic acids is 1. The van der Waals surface area contributed by atoms with Crippen LogP contribution in [0.3, 0.4) is 0 Å². The lowest BCUT2D eigenvalue weighted by Crippen LogP contribution is -2.29. The summed E-state index contributed by atoms with van der Waals surface area (Å²) < 4.78 is 0. The summed E-state index contributed by atoms with van der Waals surface area (Å²) in [6.07, 6.45) is -1.82. The third-order valence-corrected chi connectivity index (χ3v) is 2.80. The number of aromatic nitrogens is 1. The molecule has 1 aromatic heterocycles. The van der Waals surface area contributed by atoms with Crippen molar-refractivity contribution in [3.05, 3.63) is 22.8 Å². The van der Waals surface area contributed by atoms with Crippen molar-refractivity contribution in [2.45, 2.75) is 12.2 Å². The highest BCUT2D eigenvalue weighted by molar-refractivity contribution is 6.29. The standard InChI is InChI=1S/C10H12ClN3O3/c11-8-1-5(2-9(12)13-8)10(17)14-3-6(15)7(16)4-14/h1-2,6-7,15-16H,3-4H2,(H2,12,13). The van der Waals surface area contributed by atoms with Gasteiger partial charge in [-0.1, -0.05) is 11.6 Å². The number of aliphatic hydroxyl groups is 2. The fourth-order valence-electron chi connectivity index (χ4n) is 1.76. The number of anilines is 1. The molecule has 1 aromatic rings. The van der Waals surface area contributed by atoms with Gasteiger partial charge < -0.3 is 20.8 Å². The Labute approximate surface area is 103 Å². The van der Waals surface area contributed by atoms with Gasteiger partial charge in [-0.2, -0.15) is 0 Å². The molecule has 2 rings (SSSR count). The number of aliphatic hydroxyl groups excluding tert-OH is 2. The second-order valence-corrected chi connectivity index (χ2v) is 4.34. The van der Waals surface area contributed by atoms with Crippen LogP contribution >= 0.6 is 11.6 Å². The highest BCUT2D eigenvalue weighted by atomic mass is 35.5. The maximum absolute atomic E-state index is 12.0. The lowest BCUT2D eigenvalue weighted by molar-refractivity contribution is 0.0572. The quantitative estimate of drug-likeness (QED) is 0.589. The molecule has 7 heteroatoms. The molecule has 0 spiro atoms. The number of likely N-dealkylation sites (tertiary alicyclic amines) is 1. The van der Waals surface area contributed by atoms with E-state index in [9.17, 15) is 15.0 Å². The van der Waals surface area contributed by atoms with Crippen LogP contribution in [0.15, 0.2) is 12.1 Å². The molecule has 0 bridgehead atoms. The largest absolute Gasteiger partial charge is 0.388 e. The summed E-state index contributed by atoms with van der Waals surface area (Å²) in [5.74, 6) is -0.183. The molecule has 17 heavy (non-hydrogen) atoms. The number of nitrogen functional groups attached to an aromatic ring is 1. The van der Waals surface area contributed by atoms with E-state index in [0.717, 1.165) is 0 Å². The van der Waals surface area contributed by atoms with Crippen molar-refractivity contribution in [3.8, 4) is 0 Å². The molecule has 2 atom stereocenters. The van der Waals surface area contributed by atoms with E-state index in [2.05, 4.69) is 4.98 Å². The maximum Gasteiger partial charge on any atom is 0.254 e. The maximum atomic E-state index is 12.0. The van der Waals surface area contributed by atoms with Gasteiger partial charge in [-0.05, 0) is 12.1 Å². The summed E-state index contributed by atoms with van der Waals surface area (Å²) >= 11 is 5.70. The Morgan fingerprint density at radius 2 is 2.00 bits per heavy atom. The summed E-state index contributed by atoms with van der Waals surface area (Å²) in [5, 5.41) is 18.9. The van der Waals surface area contributed by atoms with Gasteiger partial charge in [0, 0.05) is 18.7 Å². The van der Waals surface area contributed by atoms with E-state index in [4.69, 9.17) is 17.3 Å². The van der Waals surface area contributed by atoms with Gasteiger partial charge >= 0.3 is 0 Å². The third kappa shape index (κ3) is 2.49. The number of hydrogen-bond acceptors (Lipinski definition) is 5. The van der Waals surface area contributed by atoms with Gasteiger partial charge in [0.1, 0.15) is 11.0 Å². The van der Waals surface area contributed by atoms with Gasteiger partial charge in [-0.25, -0.2) is 4.98 Å². The van der Waals surface area contributed by atoms with Gasteiger partial charge in [0.2, 0.25) is 0 Å². The molecular weight excluding hydrogens is 246 g/mol. The number of rotatable bonds is 1. The van der Waals surface area contributed by atoms with Crippen LogP contribution in [0.2, 0.25) is 5.15 Å². The molecule has 1 saturated heterocycles. The van der Waals surface area contributed by atoms with Crippen LogP contribution in [-0.2, 0) is 0 Å². The zero-order valence-electron chi connectivity index (χ0n) is 8.88. The van der Waals surface area contributed by atoms with Crippen LogP contribution in [0.5, 0.6) is 0 Å². The molecule has 6 nitrogen and oxygen atoms in total. The predicted molar refractivity (Wildman–Crippen MR) is 61.6 cm³/mol. The minimum atomic E-state index is -0.909. The predicted octanol–water partition coefficient (Wildman–Crippen LogP) is -0.505. The van der Waals surface area contributed by atoms with Crippen molar-refractivity contribution in [3.63, 3.8) is 0 Å². The van der Waals surface area contributed by atoms with E-state index in [0.29, 0.717) is 5.56 Å². The average Bonchev–Trinajstić information content (AvgIpc) is 2.57. The molecule has 1 fully saturated rings. The summed E-state index contributed by atoms with van der Waals surface area (Å²) in [4.78, 5) is 17.1. The minimum Gasteiger partial charge on any atom is -0.388 e. The van der Waals surface area contributed by atoms with E-state index in [1.165, 1.54) is 17.0 Å². The summed E-state index contributed by atoms with van der Waals surface area (Å²) in [7, 11) is 0. The zero-order chi connectivity index (χ0) is 12.6. The summed E-state index contributed by atoms with van der Waals surface area (Å²) in [6, 6.07) is 2.81. The van der Waals surface area contributed by atoms with Crippen molar-refractivity contribution in [1.82, 2.24) is 9.88 Å². The molecule has 0 aromatic carbocycles. The number of carbonyl (C=O) groups is 1. The fraction of sp³-hybridized carbons (Fsp3) is 0.400. The molecule has 1 amide bonds. The van der Waals surface area contributed by atoms with Crippen molar-refractivity contribution >= 4 is 23.3 Å². The van der Waals surface area contributed by atoms with Gasteiger partial charge in [-0.15, -0.1) is 0 Å². The Morgan fingerprint density at radius 1 is 1.41 bits per heavy atom. The van der Waals surface area contributed by atoms with Crippen LogP contribution in [0.25, 0.3) is 0 Å². The zero-order valence-corrected chi connectivity index (χ0v) is 9.63. The number of halogens is 1. The molecule has 4 N–H and O–H groups in total. The number of nitrogens with zero attached hydrogens (tertiary/aromatic N) is 2. The Kier molecular flexibility index (Phi) is 3.19. The molecule has 1 aliphatic rings. The SMILES string of the molecule is Nc1cc(C(=O)N2CC(O)C(O)C2)cc(Cl)n1. The van der Waals surface area contributed by atoms with E-state index in [1.54, 1.807) is 0 Å². The number of hydrogen-bond donors (Lipinski definition) is 3. The third-order valence-electron chi connectivity index (χ3n) is 2.61. The lowest BCUT2D eigenvalue weighted by atomic mass is 10.2. The van der Waals surface area contributed by atoms with Gasteiger partial charge in [-0.3, -0.25) is 4.79 Å². The van der Waals surface area contributed by atoms with Crippen molar-refractivity contribution in [2.75, 3.05) is 18.8 Å². The topological polar surface area (TPSA) is 99.7 Å². The first-order valence-electron chi connectivity index (χ1n) is 5.06. The Morgan fingerprint density at radius 3 is 2.53 bits per heavy atom. The van der Waals surface area contributed by atoms with E-state index in [-0.39, 0.29) is 30.0 Å². The van der Waals surface area contributed by atoms with Crippen LogP contribution < -0.4 is 5.73 Å². The van der Waals surface area contributed by atoms with E-state index < -0.39 is 12.2 Å². The first-order chi connectivity index (χ1) is 7.97. The smallest absolute Gasteiger partial charge is 0.254 e. The van der Waals surface area contributed by atoms with Crippen molar-refractivity contribution in [2.24, 2.45) is 0 Å². The Bertz CT molecular complexity index is 424. The second-order valence-electron chi connectivity index (χ2n) is 3.95. The van der Waals surface area contributed by atoms with Crippen LogP contribution in [-0.4, -0.2) is 51.3 Å². The normalized spacial score (nSPS) is 24.1. The fourth-order valence-corrected chi connectivity index (χ4v) is 1.97. The Balaban J connectivity index is 2.20. The van der Waals surface area contributed by atoms with E-state index >= 15 is 0 Å². The molecule has 0 radical (unpaired) electrons. The molecule has 0 saturated carbocycles. The van der Waals surface area contributed by atoms with Gasteiger partial charge in [0.05, 0.1) is 12.2 Å². The van der Waals surface area contributed by atoms with Crippen LogP contribution in [0, 0.1) is 0 Å². The van der Waals surface area contributed by atoms with Crippen molar-refractivity contribution < 1.29 is 15.0 Å². The first kappa shape index (κ1) is 12.1. The number of nitrogens with two attached hydrogens (primary N) is 1. The molecule has 2 heterocycles. The second kappa shape index (κ2) is 4.48. The number of β-amino-alcohol motifs (C(OH)–C–C–N with tert-alkyl or cyclic N) is 2. The Hall–Kier alpha value is -1.37. The summed E-state index contributed by atoms with van der Waals surface area (Å²) in [6.45, 7) is 0.194. The van der Waals surface area contributed by atoms with Gasteiger partial charge in [0.15, 0.2) is 0 Å². The molecular formula is C10H12ClN3O3. The monoisotopic (exact) mass is 257 g/mol. The van der Waals surface area contributed by atoms with Crippen LogP contribution in [0.4, 0.5) is 5.82 Å². The van der Waals surface area contributed by atoms with Crippen LogP contribution in [0.1, 0.15) is 10.4 Å². The summed E-state index contributed by atoms with van der Waals surface area (Å²) in [5.41, 5.74) is 5.78. The minimum absolute atomic E-state index is 0.0971. The molecule has 1 aliphatic heterocycles. The number of pyridine rings is 1. The van der Waals surface area contributed by atoms with Gasteiger partial charge in [0.25, 0.3) is 5.91 Å². The molecule has 92 valence electrons. The highest BCUT2D eigenvalue weighted by Gasteiger charge is 2.33. The molecule has 0 aliphatic carbocycles. The van der Waals surface area contributed by atoms with Crippen molar-refractivity contribution in [1.29, 1.82) is 0 Å². The number of amides is 1. The van der Waals surface area contributed by atoms with E-state index in [1.807, 2.05) is 0 Å². The first-order valence-corrected chi connectivity index (χ1v) is 5.43. The lowest BCUT2D eigenvalue weighted by Gasteiger charge is -2.15. The average molecular weight is 258 g/mol. The molecule has 2 unspecified atom stereocenters. The highest BCUT2D eigenvalue weighted by Crippen LogP contribution is 2.17.